The van der Waals surface area contributed by atoms with E-state index in [9.17, 15) is 4.79 Å². The fourth-order valence-electron chi connectivity index (χ4n) is 2.36. The number of rotatable bonds is 5. The lowest BCUT2D eigenvalue weighted by atomic mass is 10.2. The summed E-state index contributed by atoms with van der Waals surface area (Å²) in [5, 5.41) is 7.38. The maximum absolute atomic E-state index is 12.2. The third kappa shape index (κ3) is 4.11. The maximum Gasteiger partial charge on any atom is 0.226 e. The number of nitrogens with zero attached hydrogens (tertiary/aromatic N) is 2. The van der Waals surface area contributed by atoms with Gasteiger partial charge in [-0.1, -0.05) is 6.07 Å². The van der Waals surface area contributed by atoms with Gasteiger partial charge in [-0.2, -0.15) is 5.10 Å². The molecule has 0 spiro atoms. The topological polar surface area (TPSA) is 46.9 Å². The molecule has 5 heteroatoms. The van der Waals surface area contributed by atoms with Gasteiger partial charge in [0.25, 0.3) is 0 Å². The number of hydrogen-bond donors (Lipinski definition) is 1. The third-order valence-corrected chi connectivity index (χ3v) is 4.02. The molecule has 4 nitrogen and oxygen atoms in total. The lowest BCUT2D eigenvalue weighted by molar-refractivity contribution is -0.116. The number of aromatic nitrogens is 2. The summed E-state index contributed by atoms with van der Waals surface area (Å²) < 4.78 is 1.91. The first kappa shape index (κ1) is 15.6. The van der Waals surface area contributed by atoms with Crippen molar-refractivity contribution in [3.05, 3.63) is 41.7 Å². The fourth-order valence-corrected chi connectivity index (χ4v) is 2.82. The lowest BCUT2D eigenvalue weighted by Gasteiger charge is -2.14. The molecule has 21 heavy (non-hydrogen) atoms. The van der Waals surface area contributed by atoms with Crippen molar-refractivity contribution >= 4 is 23.4 Å². The van der Waals surface area contributed by atoms with Crippen LogP contribution in [0, 0.1) is 13.8 Å². The first-order valence-corrected chi connectivity index (χ1v) is 8.18. The summed E-state index contributed by atoms with van der Waals surface area (Å²) in [6, 6.07) is 9.94. The second kappa shape index (κ2) is 6.80. The van der Waals surface area contributed by atoms with Gasteiger partial charge in [0.05, 0.1) is 11.7 Å². The second-order valence-corrected chi connectivity index (χ2v) is 6.08. The molecule has 1 heterocycles. The van der Waals surface area contributed by atoms with E-state index in [0.717, 1.165) is 22.0 Å². The van der Waals surface area contributed by atoms with E-state index in [2.05, 4.69) is 10.4 Å². The predicted molar refractivity (Wildman–Crippen MR) is 87.9 cm³/mol. The van der Waals surface area contributed by atoms with Gasteiger partial charge >= 0.3 is 0 Å². The smallest absolute Gasteiger partial charge is 0.226 e. The minimum absolute atomic E-state index is 0.00769. The van der Waals surface area contributed by atoms with Gasteiger partial charge in [0, 0.05) is 22.7 Å². The average molecular weight is 303 g/mol. The van der Waals surface area contributed by atoms with Crippen molar-refractivity contribution in [1.29, 1.82) is 0 Å². The highest BCUT2D eigenvalue weighted by Gasteiger charge is 2.14. The molecule has 1 N–H and O–H groups in total. The number of anilines is 1. The zero-order valence-electron chi connectivity index (χ0n) is 12.9. The van der Waals surface area contributed by atoms with Gasteiger partial charge in [0.1, 0.15) is 0 Å². The van der Waals surface area contributed by atoms with Crippen LogP contribution in [0.3, 0.4) is 0 Å². The van der Waals surface area contributed by atoms with Gasteiger partial charge < -0.3 is 5.32 Å². The normalized spacial score (nSPS) is 12.2. The Balaban J connectivity index is 1.99. The zero-order valence-corrected chi connectivity index (χ0v) is 13.7. The Hall–Kier alpha value is -1.75. The predicted octanol–water partition coefficient (Wildman–Crippen LogP) is 3.81. The zero-order chi connectivity index (χ0) is 15.4. The maximum atomic E-state index is 12.2. The standard InChI is InChI=1S/C16H21N3OS/c1-11-8-12(2)19(18-11)13(3)9-16(20)17-14-6-5-7-15(10-14)21-4/h5-8,10,13H,9H2,1-4H3,(H,17,20)/t13-/m1/s1. The Kier molecular flexibility index (Phi) is 5.07. The molecule has 0 fully saturated rings. The molecule has 2 aromatic rings. The van der Waals surface area contributed by atoms with Crippen molar-refractivity contribution in [3.63, 3.8) is 0 Å². The van der Waals surface area contributed by atoms with Gasteiger partial charge in [0.15, 0.2) is 0 Å². The van der Waals surface area contributed by atoms with Crippen molar-refractivity contribution in [2.75, 3.05) is 11.6 Å². The third-order valence-electron chi connectivity index (χ3n) is 3.30. The van der Waals surface area contributed by atoms with E-state index in [1.165, 1.54) is 0 Å². The number of aryl methyl sites for hydroxylation is 2. The van der Waals surface area contributed by atoms with Crippen molar-refractivity contribution in [1.82, 2.24) is 9.78 Å². The first-order chi connectivity index (χ1) is 9.99. The van der Waals surface area contributed by atoms with Crippen LogP contribution in [-0.2, 0) is 4.79 Å². The van der Waals surface area contributed by atoms with E-state index in [1.54, 1.807) is 11.8 Å². The molecule has 1 atom stereocenters. The Morgan fingerprint density at radius 2 is 2.14 bits per heavy atom. The molecule has 2 rings (SSSR count). The molecule has 0 saturated heterocycles. The number of benzene rings is 1. The number of carbonyl (C=O) groups is 1. The highest BCUT2D eigenvalue weighted by Crippen LogP contribution is 2.20. The van der Waals surface area contributed by atoms with E-state index >= 15 is 0 Å². The van der Waals surface area contributed by atoms with Crippen molar-refractivity contribution < 1.29 is 4.79 Å². The van der Waals surface area contributed by atoms with Gasteiger partial charge in [0.2, 0.25) is 5.91 Å². The van der Waals surface area contributed by atoms with E-state index < -0.39 is 0 Å². The lowest BCUT2D eigenvalue weighted by Crippen LogP contribution is -2.19. The van der Waals surface area contributed by atoms with Crippen molar-refractivity contribution in [3.8, 4) is 0 Å². The summed E-state index contributed by atoms with van der Waals surface area (Å²) >= 11 is 1.66. The molecule has 0 aliphatic heterocycles. The summed E-state index contributed by atoms with van der Waals surface area (Å²) in [5.41, 5.74) is 2.90. The molecule has 1 aromatic heterocycles. The van der Waals surface area contributed by atoms with E-state index in [0.29, 0.717) is 6.42 Å². The van der Waals surface area contributed by atoms with Gasteiger partial charge in [-0.25, -0.2) is 0 Å². The van der Waals surface area contributed by atoms with E-state index in [4.69, 9.17) is 0 Å². The minimum Gasteiger partial charge on any atom is -0.326 e. The fraction of sp³-hybridized carbons (Fsp3) is 0.375. The summed E-state index contributed by atoms with van der Waals surface area (Å²) in [6.45, 7) is 5.98. The number of carbonyl (C=O) groups excluding carboxylic acids is 1. The summed E-state index contributed by atoms with van der Waals surface area (Å²) in [7, 11) is 0. The summed E-state index contributed by atoms with van der Waals surface area (Å²) in [6.07, 6.45) is 2.43. The average Bonchev–Trinajstić information content (AvgIpc) is 2.77. The molecule has 0 bridgehead atoms. The minimum atomic E-state index is 0.00769. The molecule has 1 aromatic carbocycles. The van der Waals surface area contributed by atoms with Gasteiger partial charge in [-0.3, -0.25) is 9.48 Å². The van der Waals surface area contributed by atoms with Crippen LogP contribution in [0.2, 0.25) is 0 Å². The Bertz CT molecular complexity index is 636. The highest BCUT2D eigenvalue weighted by molar-refractivity contribution is 7.98. The van der Waals surface area contributed by atoms with E-state index in [1.807, 2.05) is 62.0 Å². The van der Waals surface area contributed by atoms with Crippen molar-refractivity contribution in [2.24, 2.45) is 0 Å². The molecule has 0 saturated carbocycles. The number of amides is 1. The number of thioether (sulfide) groups is 1. The van der Waals surface area contributed by atoms with Crippen LogP contribution in [0.4, 0.5) is 5.69 Å². The van der Waals surface area contributed by atoms with Crippen LogP contribution in [0.15, 0.2) is 35.2 Å². The second-order valence-electron chi connectivity index (χ2n) is 5.20. The van der Waals surface area contributed by atoms with Crippen molar-refractivity contribution in [2.45, 2.75) is 38.1 Å². The Morgan fingerprint density at radius 3 is 2.76 bits per heavy atom. The van der Waals surface area contributed by atoms with Crippen LogP contribution >= 0.6 is 11.8 Å². The Labute approximate surface area is 129 Å². The molecule has 0 aliphatic rings. The summed E-state index contributed by atoms with van der Waals surface area (Å²) in [4.78, 5) is 13.3. The van der Waals surface area contributed by atoms with Gasteiger partial charge in [-0.05, 0) is 51.3 Å². The molecule has 0 aliphatic carbocycles. The van der Waals surface area contributed by atoms with Crippen LogP contribution in [0.5, 0.6) is 0 Å². The quantitative estimate of drug-likeness (QED) is 0.854. The Morgan fingerprint density at radius 1 is 1.38 bits per heavy atom. The summed E-state index contributed by atoms with van der Waals surface area (Å²) in [5.74, 6) is 0.00769. The molecule has 0 radical (unpaired) electrons. The molecule has 0 unspecified atom stereocenters. The first-order valence-electron chi connectivity index (χ1n) is 6.96. The number of nitrogens with one attached hydrogen (secondary N) is 1. The molecule has 1 amide bonds. The van der Waals surface area contributed by atoms with Crippen LogP contribution < -0.4 is 5.32 Å². The molecular weight excluding hydrogens is 282 g/mol. The largest absolute Gasteiger partial charge is 0.326 e. The van der Waals surface area contributed by atoms with Gasteiger partial charge in [-0.15, -0.1) is 11.8 Å². The van der Waals surface area contributed by atoms with Crippen LogP contribution in [-0.4, -0.2) is 21.9 Å². The van der Waals surface area contributed by atoms with Crippen LogP contribution in [0.25, 0.3) is 0 Å². The highest BCUT2D eigenvalue weighted by atomic mass is 32.2. The molecular formula is C16H21N3OS. The monoisotopic (exact) mass is 303 g/mol. The van der Waals surface area contributed by atoms with Crippen LogP contribution in [0.1, 0.15) is 30.8 Å². The number of hydrogen-bond acceptors (Lipinski definition) is 3. The van der Waals surface area contributed by atoms with E-state index in [-0.39, 0.29) is 11.9 Å². The molecule has 112 valence electrons. The SMILES string of the molecule is CSc1cccc(NC(=O)C[C@@H](C)n2nc(C)cc2C)c1.